The summed E-state index contributed by atoms with van der Waals surface area (Å²) in [7, 11) is 0. The van der Waals surface area contributed by atoms with E-state index in [-0.39, 0.29) is 18.0 Å². The largest absolute Gasteiger partial charge is 0.378 e. The second-order valence-corrected chi connectivity index (χ2v) is 4.81. The monoisotopic (exact) mass is 249 g/mol. The molecule has 0 bridgehead atoms. The van der Waals surface area contributed by atoms with Crippen LogP contribution in [0.25, 0.3) is 11.0 Å². The number of aromatic nitrogens is 2. The molecule has 4 nitrogen and oxygen atoms in total. The Morgan fingerprint density at radius 1 is 1.50 bits per heavy atom. The summed E-state index contributed by atoms with van der Waals surface area (Å²) in [5.74, 6) is 0.0623. The summed E-state index contributed by atoms with van der Waals surface area (Å²) in [4.78, 5) is 4.14. The van der Waals surface area contributed by atoms with E-state index >= 15 is 0 Å². The van der Waals surface area contributed by atoms with E-state index in [9.17, 15) is 4.39 Å². The molecule has 0 saturated carbocycles. The van der Waals surface area contributed by atoms with Crippen molar-refractivity contribution in [1.82, 2.24) is 9.55 Å². The molecule has 1 saturated heterocycles. The second-order valence-electron chi connectivity index (χ2n) is 4.81. The average Bonchev–Trinajstić information content (AvgIpc) is 2.67. The van der Waals surface area contributed by atoms with Crippen LogP contribution in [0.2, 0.25) is 0 Å². The minimum Gasteiger partial charge on any atom is -0.378 e. The number of hydrogen-bond acceptors (Lipinski definition) is 3. The first kappa shape index (κ1) is 11.5. The second kappa shape index (κ2) is 4.24. The Morgan fingerprint density at radius 3 is 3.11 bits per heavy atom. The van der Waals surface area contributed by atoms with Crippen molar-refractivity contribution in [1.29, 1.82) is 0 Å². The van der Waals surface area contributed by atoms with Crippen LogP contribution >= 0.6 is 0 Å². The molecule has 5 heteroatoms. The molecule has 1 aromatic carbocycles. The van der Waals surface area contributed by atoms with E-state index < -0.39 is 0 Å². The van der Waals surface area contributed by atoms with Crippen molar-refractivity contribution >= 4 is 17.0 Å². The zero-order valence-corrected chi connectivity index (χ0v) is 10.3. The van der Waals surface area contributed by atoms with Gasteiger partial charge in [-0.1, -0.05) is 6.07 Å². The van der Waals surface area contributed by atoms with Crippen LogP contribution in [0.1, 0.15) is 25.8 Å². The number of ether oxygens (including phenoxy) is 1. The van der Waals surface area contributed by atoms with E-state index in [4.69, 9.17) is 10.5 Å². The van der Waals surface area contributed by atoms with Crippen molar-refractivity contribution in [2.75, 3.05) is 12.3 Å². The van der Waals surface area contributed by atoms with Crippen LogP contribution in [0, 0.1) is 5.82 Å². The third-order valence-electron chi connectivity index (χ3n) is 3.52. The highest BCUT2D eigenvalue weighted by molar-refractivity contribution is 5.79. The van der Waals surface area contributed by atoms with E-state index in [1.165, 1.54) is 6.07 Å². The molecule has 1 aromatic heterocycles. The zero-order chi connectivity index (χ0) is 12.7. The van der Waals surface area contributed by atoms with Crippen LogP contribution < -0.4 is 5.73 Å². The maximum absolute atomic E-state index is 13.7. The van der Waals surface area contributed by atoms with Crippen LogP contribution in [0.4, 0.5) is 10.3 Å². The Bertz CT molecular complexity index is 581. The number of imidazole rings is 1. The summed E-state index contributed by atoms with van der Waals surface area (Å²) in [5.41, 5.74) is 7.07. The Kier molecular flexibility index (Phi) is 2.70. The molecule has 2 atom stereocenters. The number of benzene rings is 1. The number of nitrogens with two attached hydrogens (primary N) is 1. The van der Waals surface area contributed by atoms with Gasteiger partial charge in [-0.15, -0.1) is 0 Å². The molecular weight excluding hydrogens is 233 g/mol. The van der Waals surface area contributed by atoms with Gasteiger partial charge in [0.05, 0.1) is 11.6 Å². The molecular formula is C13H16FN3O. The molecule has 96 valence electrons. The van der Waals surface area contributed by atoms with Crippen LogP contribution in [0.3, 0.4) is 0 Å². The van der Waals surface area contributed by atoms with Crippen molar-refractivity contribution in [3.8, 4) is 0 Å². The molecule has 2 unspecified atom stereocenters. The van der Waals surface area contributed by atoms with Gasteiger partial charge in [0.15, 0.2) is 5.82 Å². The standard InChI is InChI=1S/C13H16FN3O/c1-8-7-9(5-6-18-8)17-11-4-2-3-10(14)12(11)16-13(17)15/h2-4,8-9H,5-7H2,1H3,(H2,15,16). The highest BCUT2D eigenvalue weighted by atomic mass is 19.1. The lowest BCUT2D eigenvalue weighted by Gasteiger charge is -2.29. The lowest BCUT2D eigenvalue weighted by molar-refractivity contribution is 0.00713. The molecule has 2 heterocycles. The molecule has 1 aliphatic heterocycles. The number of rotatable bonds is 1. The normalized spacial score (nSPS) is 24.6. The van der Waals surface area contributed by atoms with Gasteiger partial charge in [-0.3, -0.25) is 0 Å². The Hall–Kier alpha value is -1.62. The predicted octanol–water partition coefficient (Wildman–Crippen LogP) is 2.50. The Morgan fingerprint density at radius 2 is 2.33 bits per heavy atom. The highest BCUT2D eigenvalue weighted by Gasteiger charge is 2.24. The molecule has 2 N–H and O–H groups in total. The SMILES string of the molecule is CC1CC(n2c(N)nc3c(F)cccc32)CCO1. The number of fused-ring (bicyclic) bond motifs is 1. The minimum atomic E-state index is -0.321. The summed E-state index contributed by atoms with van der Waals surface area (Å²) in [5, 5.41) is 0. The average molecular weight is 249 g/mol. The van der Waals surface area contributed by atoms with Gasteiger partial charge < -0.3 is 15.0 Å². The van der Waals surface area contributed by atoms with Gasteiger partial charge >= 0.3 is 0 Å². The molecule has 0 radical (unpaired) electrons. The minimum absolute atomic E-state index is 0.203. The van der Waals surface area contributed by atoms with Crippen molar-refractivity contribution < 1.29 is 9.13 Å². The molecule has 1 fully saturated rings. The van der Waals surface area contributed by atoms with Gasteiger partial charge in [-0.2, -0.15) is 0 Å². The van der Waals surface area contributed by atoms with E-state index in [1.54, 1.807) is 6.07 Å². The molecule has 1 aliphatic rings. The fourth-order valence-corrected chi connectivity index (χ4v) is 2.69. The van der Waals surface area contributed by atoms with Gasteiger partial charge in [0.25, 0.3) is 0 Å². The fourth-order valence-electron chi connectivity index (χ4n) is 2.69. The zero-order valence-electron chi connectivity index (χ0n) is 10.3. The third-order valence-corrected chi connectivity index (χ3v) is 3.52. The van der Waals surface area contributed by atoms with Crippen molar-refractivity contribution in [2.24, 2.45) is 0 Å². The number of anilines is 1. The highest BCUT2D eigenvalue weighted by Crippen LogP contribution is 2.31. The van der Waals surface area contributed by atoms with Crippen LogP contribution in [-0.2, 0) is 4.74 Å². The maximum atomic E-state index is 13.7. The van der Waals surface area contributed by atoms with Crippen LogP contribution in [-0.4, -0.2) is 22.3 Å². The van der Waals surface area contributed by atoms with E-state index in [0.717, 1.165) is 18.4 Å². The van der Waals surface area contributed by atoms with E-state index in [0.29, 0.717) is 18.1 Å². The van der Waals surface area contributed by atoms with Crippen molar-refractivity contribution in [3.63, 3.8) is 0 Å². The summed E-state index contributed by atoms with van der Waals surface area (Å²) in [6.07, 6.45) is 1.97. The van der Waals surface area contributed by atoms with Crippen LogP contribution in [0.5, 0.6) is 0 Å². The Balaban J connectivity index is 2.10. The summed E-state index contributed by atoms with van der Waals surface area (Å²) < 4.78 is 21.1. The number of hydrogen-bond donors (Lipinski definition) is 1. The maximum Gasteiger partial charge on any atom is 0.201 e. The summed E-state index contributed by atoms with van der Waals surface area (Å²) >= 11 is 0. The first-order valence-corrected chi connectivity index (χ1v) is 6.20. The molecule has 18 heavy (non-hydrogen) atoms. The first-order chi connectivity index (χ1) is 8.66. The lowest BCUT2D eigenvalue weighted by Crippen LogP contribution is -2.26. The number of halogens is 1. The van der Waals surface area contributed by atoms with Gasteiger partial charge in [-0.05, 0) is 31.9 Å². The van der Waals surface area contributed by atoms with Crippen LogP contribution in [0.15, 0.2) is 18.2 Å². The van der Waals surface area contributed by atoms with E-state index in [1.807, 2.05) is 17.6 Å². The predicted molar refractivity (Wildman–Crippen MR) is 67.8 cm³/mol. The molecule has 3 rings (SSSR count). The van der Waals surface area contributed by atoms with Gasteiger partial charge in [0.1, 0.15) is 5.52 Å². The smallest absolute Gasteiger partial charge is 0.201 e. The molecule has 0 amide bonds. The number of para-hydroxylation sites is 1. The topological polar surface area (TPSA) is 53.1 Å². The van der Waals surface area contributed by atoms with Gasteiger partial charge in [0, 0.05) is 12.6 Å². The van der Waals surface area contributed by atoms with Gasteiger partial charge in [-0.25, -0.2) is 9.37 Å². The fraction of sp³-hybridized carbons (Fsp3) is 0.462. The molecule has 2 aromatic rings. The molecule has 0 aliphatic carbocycles. The number of nitrogen functional groups attached to an aromatic ring is 1. The first-order valence-electron chi connectivity index (χ1n) is 6.20. The quantitative estimate of drug-likeness (QED) is 0.844. The van der Waals surface area contributed by atoms with Gasteiger partial charge in [0.2, 0.25) is 5.95 Å². The number of nitrogens with zero attached hydrogens (tertiary/aromatic N) is 2. The Labute approximate surface area is 105 Å². The lowest BCUT2D eigenvalue weighted by atomic mass is 10.0. The molecule has 0 spiro atoms. The third kappa shape index (κ3) is 1.75. The summed E-state index contributed by atoms with van der Waals surface area (Å²) in [6, 6.07) is 5.20. The van der Waals surface area contributed by atoms with Crippen molar-refractivity contribution in [3.05, 3.63) is 24.0 Å². The van der Waals surface area contributed by atoms with E-state index in [2.05, 4.69) is 4.98 Å². The van der Waals surface area contributed by atoms with Crippen molar-refractivity contribution in [2.45, 2.75) is 31.9 Å². The summed E-state index contributed by atoms with van der Waals surface area (Å²) in [6.45, 7) is 2.75.